The number of ether oxygens (including phenoxy) is 2. The molecule has 92 valence electrons. The van der Waals surface area contributed by atoms with Gasteiger partial charge in [0.2, 0.25) is 5.71 Å². The van der Waals surface area contributed by atoms with Gasteiger partial charge in [0.15, 0.2) is 11.5 Å². The number of aromatic hydroxyl groups is 1. The number of furan rings is 1. The molecule has 0 unspecified atom stereocenters. The zero-order valence-corrected chi connectivity index (χ0v) is 9.93. The zero-order chi connectivity index (χ0) is 12.7. The molecule has 0 radical (unpaired) electrons. The van der Waals surface area contributed by atoms with Crippen molar-refractivity contribution in [3.8, 4) is 17.2 Å². The first kappa shape index (κ1) is 10.7. The van der Waals surface area contributed by atoms with Gasteiger partial charge < -0.3 is 19.0 Å². The fourth-order valence-corrected chi connectivity index (χ4v) is 2.03. The van der Waals surface area contributed by atoms with E-state index in [2.05, 4.69) is 4.98 Å². The van der Waals surface area contributed by atoms with Crippen molar-refractivity contribution in [1.82, 2.24) is 4.98 Å². The Labute approximate surface area is 103 Å². The second-order valence-corrected chi connectivity index (χ2v) is 3.83. The van der Waals surface area contributed by atoms with Crippen LogP contribution in [0.2, 0.25) is 0 Å². The maximum absolute atomic E-state index is 9.82. The van der Waals surface area contributed by atoms with Crippen molar-refractivity contribution >= 4 is 22.0 Å². The van der Waals surface area contributed by atoms with E-state index in [4.69, 9.17) is 13.9 Å². The topological polar surface area (TPSA) is 64.7 Å². The number of methoxy groups -OCH3 is 2. The molecule has 3 rings (SSSR count). The second-order valence-electron chi connectivity index (χ2n) is 3.83. The van der Waals surface area contributed by atoms with E-state index in [1.54, 1.807) is 31.6 Å². The summed E-state index contributed by atoms with van der Waals surface area (Å²) in [5.41, 5.74) is 1.14. The fourth-order valence-electron chi connectivity index (χ4n) is 2.03. The largest absolute Gasteiger partial charge is 0.504 e. The number of fused-ring (bicyclic) bond motifs is 2. The van der Waals surface area contributed by atoms with Gasteiger partial charge in [0.1, 0.15) is 5.75 Å². The highest BCUT2D eigenvalue weighted by molar-refractivity contribution is 6.00. The SMILES string of the molecule is COc1cc2nc3occc3c(OC)c2cc1O. The number of aromatic nitrogens is 1. The molecule has 2 heterocycles. The van der Waals surface area contributed by atoms with Crippen LogP contribution in [-0.2, 0) is 0 Å². The Kier molecular flexibility index (Phi) is 2.26. The molecule has 0 saturated heterocycles. The van der Waals surface area contributed by atoms with Crippen molar-refractivity contribution in [2.45, 2.75) is 0 Å². The monoisotopic (exact) mass is 245 g/mol. The summed E-state index contributed by atoms with van der Waals surface area (Å²) in [6.07, 6.45) is 1.55. The summed E-state index contributed by atoms with van der Waals surface area (Å²) in [7, 11) is 3.06. The van der Waals surface area contributed by atoms with Crippen molar-refractivity contribution in [3.63, 3.8) is 0 Å². The van der Waals surface area contributed by atoms with E-state index in [1.807, 2.05) is 0 Å². The van der Waals surface area contributed by atoms with E-state index in [1.165, 1.54) is 7.11 Å². The number of nitrogens with zero attached hydrogens (tertiary/aromatic N) is 1. The first-order valence-electron chi connectivity index (χ1n) is 5.36. The molecule has 0 amide bonds. The lowest BCUT2D eigenvalue weighted by Gasteiger charge is -2.09. The molecule has 0 saturated carbocycles. The molecule has 0 spiro atoms. The molecular weight excluding hydrogens is 234 g/mol. The Hall–Kier alpha value is -2.43. The highest BCUT2D eigenvalue weighted by Crippen LogP contribution is 2.38. The molecule has 1 aromatic carbocycles. The smallest absolute Gasteiger partial charge is 0.230 e. The molecule has 3 aromatic rings. The Morgan fingerprint density at radius 1 is 1.17 bits per heavy atom. The Bertz CT molecular complexity index is 733. The maximum Gasteiger partial charge on any atom is 0.230 e. The highest BCUT2D eigenvalue weighted by Gasteiger charge is 2.14. The van der Waals surface area contributed by atoms with Crippen molar-refractivity contribution in [2.24, 2.45) is 0 Å². The third-order valence-electron chi connectivity index (χ3n) is 2.86. The normalized spacial score (nSPS) is 11.0. The first-order chi connectivity index (χ1) is 8.74. The summed E-state index contributed by atoms with van der Waals surface area (Å²) < 4.78 is 15.7. The van der Waals surface area contributed by atoms with Gasteiger partial charge in [-0.1, -0.05) is 0 Å². The highest BCUT2D eigenvalue weighted by atomic mass is 16.5. The maximum atomic E-state index is 9.82. The minimum atomic E-state index is 0.0490. The average Bonchev–Trinajstić information content (AvgIpc) is 2.83. The Balaban J connectivity index is 2.47. The van der Waals surface area contributed by atoms with Crippen LogP contribution in [0, 0.1) is 0 Å². The van der Waals surface area contributed by atoms with Crippen molar-refractivity contribution in [3.05, 3.63) is 24.5 Å². The van der Waals surface area contributed by atoms with Gasteiger partial charge in [-0.15, -0.1) is 0 Å². The predicted molar refractivity (Wildman–Crippen MR) is 66.3 cm³/mol. The summed E-state index contributed by atoms with van der Waals surface area (Å²) in [5, 5.41) is 11.3. The number of benzene rings is 1. The van der Waals surface area contributed by atoms with Gasteiger partial charge >= 0.3 is 0 Å². The van der Waals surface area contributed by atoms with E-state index in [-0.39, 0.29) is 5.75 Å². The molecule has 0 aliphatic heterocycles. The van der Waals surface area contributed by atoms with Crippen LogP contribution in [0.5, 0.6) is 17.2 Å². The van der Waals surface area contributed by atoms with Crippen LogP contribution in [0.25, 0.3) is 22.0 Å². The molecule has 2 aromatic heterocycles. The summed E-state index contributed by atoms with van der Waals surface area (Å²) in [6, 6.07) is 5.00. The minimum Gasteiger partial charge on any atom is -0.504 e. The van der Waals surface area contributed by atoms with E-state index >= 15 is 0 Å². The van der Waals surface area contributed by atoms with E-state index in [0.717, 1.165) is 5.39 Å². The molecule has 0 aliphatic rings. The van der Waals surface area contributed by atoms with Crippen LogP contribution in [-0.4, -0.2) is 24.3 Å². The lowest BCUT2D eigenvalue weighted by Crippen LogP contribution is -1.91. The number of pyridine rings is 1. The average molecular weight is 245 g/mol. The number of phenols is 1. The number of hydrogen-bond acceptors (Lipinski definition) is 5. The van der Waals surface area contributed by atoms with Crippen LogP contribution < -0.4 is 9.47 Å². The summed E-state index contributed by atoms with van der Waals surface area (Å²) in [4.78, 5) is 4.36. The van der Waals surface area contributed by atoms with Crippen LogP contribution in [0.3, 0.4) is 0 Å². The quantitative estimate of drug-likeness (QED) is 0.752. The molecule has 0 bridgehead atoms. The molecule has 1 N–H and O–H groups in total. The summed E-state index contributed by atoms with van der Waals surface area (Å²) in [5.74, 6) is 1.04. The van der Waals surface area contributed by atoms with Crippen molar-refractivity contribution in [1.29, 1.82) is 0 Å². The summed E-state index contributed by atoms with van der Waals surface area (Å²) in [6.45, 7) is 0. The predicted octanol–water partition coefficient (Wildman–Crippen LogP) is 2.70. The zero-order valence-electron chi connectivity index (χ0n) is 9.93. The lowest BCUT2D eigenvalue weighted by molar-refractivity contribution is 0.374. The van der Waals surface area contributed by atoms with Crippen molar-refractivity contribution < 1.29 is 19.0 Å². The van der Waals surface area contributed by atoms with Crippen LogP contribution >= 0.6 is 0 Å². The van der Waals surface area contributed by atoms with Gasteiger partial charge in [0.05, 0.1) is 31.4 Å². The van der Waals surface area contributed by atoms with Gasteiger partial charge in [-0.2, -0.15) is 0 Å². The molecule has 18 heavy (non-hydrogen) atoms. The van der Waals surface area contributed by atoms with Crippen molar-refractivity contribution in [2.75, 3.05) is 14.2 Å². The number of phenolic OH excluding ortho intramolecular Hbond substituents is 1. The van der Waals surface area contributed by atoms with Gasteiger partial charge in [0.25, 0.3) is 0 Å². The van der Waals surface area contributed by atoms with E-state index in [0.29, 0.717) is 28.1 Å². The Morgan fingerprint density at radius 2 is 2.00 bits per heavy atom. The van der Waals surface area contributed by atoms with E-state index < -0.39 is 0 Å². The Morgan fingerprint density at radius 3 is 2.72 bits per heavy atom. The molecule has 0 atom stereocenters. The lowest BCUT2D eigenvalue weighted by atomic mass is 10.1. The van der Waals surface area contributed by atoms with Crippen LogP contribution in [0.15, 0.2) is 28.9 Å². The van der Waals surface area contributed by atoms with Crippen LogP contribution in [0.1, 0.15) is 0 Å². The summed E-state index contributed by atoms with van der Waals surface area (Å²) >= 11 is 0. The van der Waals surface area contributed by atoms with Crippen LogP contribution in [0.4, 0.5) is 0 Å². The fraction of sp³-hybridized carbons (Fsp3) is 0.154. The van der Waals surface area contributed by atoms with Gasteiger partial charge in [-0.25, -0.2) is 4.98 Å². The third kappa shape index (κ3) is 1.37. The molecule has 5 nitrogen and oxygen atoms in total. The van der Waals surface area contributed by atoms with Gasteiger partial charge in [0, 0.05) is 11.5 Å². The molecular formula is C13H11NO4. The molecule has 0 fully saturated rings. The standard InChI is InChI=1S/C13H11NO4/c1-16-11-6-9-8(5-10(11)15)12(17-2)7-3-4-18-13(7)14-9/h3-6,15H,1-2H3. The molecule has 0 aliphatic carbocycles. The van der Waals surface area contributed by atoms with Gasteiger partial charge in [-0.05, 0) is 12.1 Å². The molecule has 5 heteroatoms. The third-order valence-corrected chi connectivity index (χ3v) is 2.86. The minimum absolute atomic E-state index is 0.0490. The second kappa shape index (κ2) is 3.80. The van der Waals surface area contributed by atoms with Gasteiger partial charge in [-0.3, -0.25) is 0 Å². The number of hydrogen-bond donors (Lipinski definition) is 1. The number of rotatable bonds is 2. The van der Waals surface area contributed by atoms with E-state index in [9.17, 15) is 5.11 Å². The first-order valence-corrected chi connectivity index (χ1v) is 5.36.